The molecular formula is C9H13BrO2. The molecule has 0 unspecified atom stereocenters. The molecule has 0 amide bonds. The first-order valence-electron chi connectivity index (χ1n) is 3.78. The highest BCUT2D eigenvalue weighted by atomic mass is 79.9. The molecule has 0 saturated carbocycles. The topological polar surface area (TPSA) is 26.3 Å². The molecule has 0 spiro atoms. The highest BCUT2D eigenvalue weighted by Gasteiger charge is 1.94. The average Bonchev–Trinajstić information content (AvgIpc) is 2.01. The number of ether oxygens (including phenoxy) is 1. The van der Waals surface area contributed by atoms with Gasteiger partial charge in [0.15, 0.2) is 0 Å². The van der Waals surface area contributed by atoms with Gasteiger partial charge in [-0.2, -0.15) is 0 Å². The van der Waals surface area contributed by atoms with Gasteiger partial charge in [-0.05, 0) is 19.4 Å². The van der Waals surface area contributed by atoms with Crippen LogP contribution in [0.3, 0.4) is 0 Å². The standard InChI is InChI=1S/C9H13BrO2/c1-3-12-9(11)7-8(2)5-4-6-10/h4-5,7H,3,6H2,1-2H3/b5-4+,8-7+. The highest BCUT2D eigenvalue weighted by molar-refractivity contribution is 9.09. The Kier molecular flexibility index (Phi) is 6.76. The largest absolute Gasteiger partial charge is 0.463 e. The van der Waals surface area contributed by atoms with Crippen LogP contribution in [0.1, 0.15) is 13.8 Å². The zero-order valence-corrected chi connectivity index (χ0v) is 8.93. The number of carbonyl (C=O) groups excluding carboxylic acids is 1. The number of rotatable bonds is 4. The first-order valence-corrected chi connectivity index (χ1v) is 4.90. The molecule has 0 aromatic carbocycles. The summed E-state index contributed by atoms with van der Waals surface area (Å²) < 4.78 is 4.73. The van der Waals surface area contributed by atoms with Crippen molar-refractivity contribution in [2.75, 3.05) is 11.9 Å². The highest BCUT2D eigenvalue weighted by Crippen LogP contribution is 1.96. The zero-order chi connectivity index (χ0) is 9.40. The maximum absolute atomic E-state index is 10.9. The van der Waals surface area contributed by atoms with E-state index < -0.39 is 0 Å². The van der Waals surface area contributed by atoms with Crippen molar-refractivity contribution in [3.63, 3.8) is 0 Å². The van der Waals surface area contributed by atoms with Crippen molar-refractivity contribution in [3.05, 3.63) is 23.8 Å². The maximum Gasteiger partial charge on any atom is 0.330 e. The predicted molar refractivity (Wildman–Crippen MR) is 53.3 cm³/mol. The van der Waals surface area contributed by atoms with Gasteiger partial charge in [0.2, 0.25) is 0 Å². The first kappa shape index (κ1) is 11.4. The molecule has 0 heterocycles. The van der Waals surface area contributed by atoms with Crippen molar-refractivity contribution >= 4 is 21.9 Å². The summed E-state index contributed by atoms with van der Waals surface area (Å²) in [7, 11) is 0. The van der Waals surface area contributed by atoms with Crippen molar-refractivity contribution in [1.29, 1.82) is 0 Å². The number of allylic oxidation sites excluding steroid dienone is 3. The van der Waals surface area contributed by atoms with Gasteiger partial charge in [0.05, 0.1) is 6.61 Å². The average molecular weight is 233 g/mol. The molecule has 2 nitrogen and oxygen atoms in total. The van der Waals surface area contributed by atoms with Crippen LogP contribution in [0, 0.1) is 0 Å². The SMILES string of the molecule is CCOC(=O)/C=C(C)/C=C/CBr. The monoisotopic (exact) mass is 232 g/mol. The molecule has 0 fully saturated rings. The van der Waals surface area contributed by atoms with Crippen molar-refractivity contribution in [3.8, 4) is 0 Å². The van der Waals surface area contributed by atoms with E-state index in [2.05, 4.69) is 15.9 Å². The Morgan fingerprint density at radius 2 is 2.25 bits per heavy atom. The number of carbonyl (C=O) groups is 1. The van der Waals surface area contributed by atoms with Gasteiger partial charge in [0.1, 0.15) is 0 Å². The van der Waals surface area contributed by atoms with Crippen LogP contribution in [0.2, 0.25) is 0 Å². The third-order valence-corrected chi connectivity index (χ3v) is 1.48. The lowest BCUT2D eigenvalue weighted by molar-refractivity contribution is -0.137. The van der Waals surface area contributed by atoms with E-state index in [-0.39, 0.29) is 5.97 Å². The minimum atomic E-state index is -0.283. The lowest BCUT2D eigenvalue weighted by Gasteiger charge is -1.95. The lowest BCUT2D eigenvalue weighted by Crippen LogP contribution is -1.99. The van der Waals surface area contributed by atoms with E-state index in [1.807, 2.05) is 19.1 Å². The van der Waals surface area contributed by atoms with Crippen LogP contribution in [0.4, 0.5) is 0 Å². The summed E-state index contributed by atoms with van der Waals surface area (Å²) in [5, 5.41) is 0.793. The van der Waals surface area contributed by atoms with E-state index in [1.165, 1.54) is 6.08 Å². The normalized spacial score (nSPS) is 12.1. The quantitative estimate of drug-likeness (QED) is 0.322. The second kappa shape index (κ2) is 7.10. The fourth-order valence-electron chi connectivity index (χ4n) is 0.648. The molecule has 0 rings (SSSR count). The van der Waals surface area contributed by atoms with Crippen molar-refractivity contribution < 1.29 is 9.53 Å². The number of alkyl halides is 1. The Morgan fingerprint density at radius 3 is 2.75 bits per heavy atom. The number of halogens is 1. The van der Waals surface area contributed by atoms with Gasteiger partial charge in [0.25, 0.3) is 0 Å². The second-order valence-corrected chi connectivity index (χ2v) is 2.84. The Balaban J connectivity index is 3.97. The first-order chi connectivity index (χ1) is 5.70. The molecule has 0 bridgehead atoms. The van der Waals surface area contributed by atoms with Gasteiger partial charge in [0, 0.05) is 11.4 Å². The summed E-state index contributed by atoms with van der Waals surface area (Å²) >= 11 is 3.24. The third kappa shape index (κ3) is 6.16. The Morgan fingerprint density at radius 1 is 1.58 bits per heavy atom. The summed E-state index contributed by atoms with van der Waals surface area (Å²) in [5.41, 5.74) is 0.896. The van der Waals surface area contributed by atoms with Gasteiger partial charge in [-0.3, -0.25) is 0 Å². The number of hydrogen-bond donors (Lipinski definition) is 0. The molecule has 68 valence electrons. The van der Waals surface area contributed by atoms with E-state index >= 15 is 0 Å². The van der Waals surface area contributed by atoms with E-state index in [0.29, 0.717) is 6.61 Å². The summed E-state index contributed by atoms with van der Waals surface area (Å²) in [6.45, 7) is 4.07. The van der Waals surface area contributed by atoms with E-state index in [9.17, 15) is 4.79 Å². The van der Waals surface area contributed by atoms with Crippen LogP contribution in [-0.4, -0.2) is 17.9 Å². The maximum atomic E-state index is 10.9. The molecule has 0 aliphatic rings. The van der Waals surface area contributed by atoms with Gasteiger partial charge in [-0.1, -0.05) is 28.1 Å². The smallest absolute Gasteiger partial charge is 0.330 e. The molecule has 0 aliphatic carbocycles. The van der Waals surface area contributed by atoms with Gasteiger partial charge < -0.3 is 4.74 Å². The predicted octanol–water partition coefficient (Wildman–Crippen LogP) is 2.45. The second-order valence-electron chi connectivity index (χ2n) is 2.20. The molecule has 0 aliphatic heterocycles. The Hall–Kier alpha value is -0.570. The minimum Gasteiger partial charge on any atom is -0.463 e. The van der Waals surface area contributed by atoms with E-state index in [4.69, 9.17) is 4.74 Å². The molecule has 12 heavy (non-hydrogen) atoms. The molecule has 0 aromatic rings. The van der Waals surface area contributed by atoms with Crippen molar-refractivity contribution in [1.82, 2.24) is 0 Å². The van der Waals surface area contributed by atoms with Crippen LogP contribution < -0.4 is 0 Å². The molecule has 0 saturated heterocycles. The van der Waals surface area contributed by atoms with Gasteiger partial charge in [-0.25, -0.2) is 4.79 Å². The van der Waals surface area contributed by atoms with Gasteiger partial charge >= 0.3 is 5.97 Å². The fraction of sp³-hybridized carbons (Fsp3) is 0.444. The van der Waals surface area contributed by atoms with Crippen LogP contribution >= 0.6 is 15.9 Å². The zero-order valence-electron chi connectivity index (χ0n) is 7.34. The van der Waals surface area contributed by atoms with Crippen molar-refractivity contribution in [2.45, 2.75) is 13.8 Å². The third-order valence-electron chi connectivity index (χ3n) is 1.10. The van der Waals surface area contributed by atoms with Crippen LogP contribution in [0.15, 0.2) is 23.8 Å². The molecule has 0 atom stereocenters. The molecule has 0 N–H and O–H groups in total. The summed E-state index contributed by atoms with van der Waals surface area (Å²) in [5.74, 6) is -0.283. The summed E-state index contributed by atoms with van der Waals surface area (Å²) in [6.07, 6.45) is 5.26. The van der Waals surface area contributed by atoms with E-state index in [1.54, 1.807) is 6.92 Å². The van der Waals surface area contributed by atoms with Crippen molar-refractivity contribution in [2.24, 2.45) is 0 Å². The molecule has 0 radical (unpaired) electrons. The lowest BCUT2D eigenvalue weighted by atomic mass is 10.2. The van der Waals surface area contributed by atoms with Crippen LogP contribution in [-0.2, 0) is 9.53 Å². The van der Waals surface area contributed by atoms with Crippen LogP contribution in [0.5, 0.6) is 0 Å². The van der Waals surface area contributed by atoms with Crippen LogP contribution in [0.25, 0.3) is 0 Å². The molecular weight excluding hydrogens is 220 g/mol. The molecule has 0 aromatic heterocycles. The summed E-state index contributed by atoms with van der Waals surface area (Å²) in [4.78, 5) is 10.9. The summed E-state index contributed by atoms with van der Waals surface area (Å²) in [6, 6.07) is 0. The minimum absolute atomic E-state index is 0.283. The fourth-order valence-corrected chi connectivity index (χ4v) is 0.835. The molecule has 3 heteroatoms. The van der Waals surface area contributed by atoms with E-state index in [0.717, 1.165) is 10.9 Å². The Labute approximate surface area is 81.4 Å². The number of hydrogen-bond acceptors (Lipinski definition) is 2. The number of esters is 1. The Bertz CT molecular complexity index is 195. The van der Waals surface area contributed by atoms with Gasteiger partial charge in [-0.15, -0.1) is 0 Å².